The number of carbonyl (C=O) groups is 1. The smallest absolute Gasteiger partial charge is 0.255 e. The van der Waals surface area contributed by atoms with Crippen molar-refractivity contribution in [2.45, 2.75) is 13.0 Å². The summed E-state index contributed by atoms with van der Waals surface area (Å²) in [6.45, 7) is 4.48. The molecule has 2 rings (SSSR count). The van der Waals surface area contributed by atoms with Gasteiger partial charge in [-0.3, -0.25) is 4.79 Å². The topological polar surface area (TPSA) is 32.3 Å². The molecule has 1 N–H and O–H groups in total. The van der Waals surface area contributed by atoms with Crippen LogP contribution in [0.15, 0.2) is 24.3 Å². The fourth-order valence-electron chi connectivity index (χ4n) is 1.93. The number of piperazine rings is 1. The van der Waals surface area contributed by atoms with Crippen LogP contribution in [0.4, 0.5) is 0 Å². The molecule has 94 valence electrons. The molecule has 1 aliphatic rings. The molecule has 0 spiro atoms. The standard InChI is InChI=1S/C12H15ClN2O.ClH/c1-9-8-14-6-7-15(9)12(16)10-4-2-3-5-11(10)13;/h2-5,9,14H,6-8H2,1H3;1H/t9-;/m1./s1. The molecule has 1 aliphatic heterocycles. The molecular weight excluding hydrogens is 259 g/mol. The molecule has 0 bridgehead atoms. The van der Waals surface area contributed by atoms with Crippen molar-refractivity contribution in [3.8, 4) is 0 Å². The Kier molecular flexibility index (Phi) is 5.25. The van der Waals surface area contributed by atoms with Crippen molar-refractivity contribution in [2.75, 3.05) is 19.6 Å². The Hall–Kier alpha value is -0.770. The maximum Gasteiger partial charge on any atom is 0.255 e. The van der Waals surface area contributed by atoms with Gasteiger partial charge in [-0.1, -0.05) is 23.7 Å². The zero-order valence-electron chi connectivity index (χ0n) is 9.65. The van der Waals surface area contributed by atoms with E-state index in [0.717, 1.165) is 19.6 Å². The third-order valence-electron chi connectivity index (χ3n) is 2.87. The summed E-state index contributed by atoms with van der Waals surface area (Å²) in [6.07, 6.45) is 0. The lowest BCUT2D eigenvalue weighted by Crippen LogP contribution is -2.52. The first kappa shape index (κ1) is 14.3. The van der Waals surface area contributed by atoms with E-state index in [0.29, 0.717) is 10.6 Å². The average molecular weight is 275 g/mol. The van der Waals surface area contributed by atoms with Crippen LogP contribution in [0.5, 0.6) is 0 Å². The summed E-state index contributed by atoms with van der Waals surface area (Å²) in [6, 6.07) is 7.42. The van der Waals surface area contributed by atoms with Crippen molar-refractivity contribution >= 4 is 29.9 Å². The molecule has 0 radical (unpaired) electrons. The summed E-state index contributed by atoms with van der Waals surface area (Å²) in [5.74, 6) is 0.0274. The van der Waals surface area contributed by atoms with Gasteiger partial charge in [0.2, 0.25) is 0 Å². The summed E-state index contributed by atoms with van der Waals surface area (Å²) in [4.78, 5) is 14.1. The van der Waals surface area contributed by atoms with Crippen molar-refractivity contribution in [3.05, 3.63) is 34.9 Å². The Bertz CT molecular complexity index is 398. The Labute approximate surface area is 113 Å². The highest BCUT2D eigenvalue weighted by Gasteiger charge is 2.24. The van der Waals surface area contributed by atoms with Crippen molar-refractivity contribution in [1.29, 1.82) is 0 Å². The van der Waals surface area contributed by atoms with Crippen LogP contribution < -0.4 is 5.32 Å². The highest BCUT2D eigenvalue weighted by Crippen LogP contribution is 2.18. The zero-order valence-corrected chi connectivity index (χ0v) is 11.2. The second-order valence-electron chi connectivity index (χ2n) is 4.03. The Balaban J connectivity index is 0.00000144. The van der Waals surface area contributed by atoms with Crippen LogP contribution in [-0.4, -0.2) is 36.5 Å². The van der Waals surface area contributed by atoms with Crippen LogP contribution in [-0.2, 0) is 0 Å². The van der Waals surface area contributed by atoms with Crippen LogP contribution in [0.25, 0.3) is 0 Å². The normalized spacial score (nSPS) is 19.6. The first-order valence-electron chi connectivity index (χ1n) is 5.46. The molecule has 17 heavy (non-hydrogen) atoms. The molecule has 1 saturated heterocycles. The van der Waals surface area contributed by atoms with Gasteiger partial charge in [-0.25, -0.2) is 0 Å². The summed E-state index contributed by atoms with van der Waals surface area (Å²) < 4.78 is 0. The van der Waals surface area contributed by atoms with Crippen LogP contribution in [0.2, 0.25) is 5.02 Å². The maximum atomic E-state index is 12.2. The van der Waals surface area contributed by atoms with E-state index in [2.05, 4.69) is 5.32 Å². The van der Waals surface area contributed by atoms with Gasteiger partial charge in [0.25, 0.3) is 5.91 Å². The molecule has 0 aliphatic carbocycles. The van der Waals surface area contributed by atoms with E-state index >= 15 is 0 Å². The molecule has 3 nitrogen and oxygen atoms in total. The van der Waals surface area contributed by atoms with Crippen molar-refractivity contribution in [3.63, 3.8) is 0 Å². The second kappa shape index (κ2) is 6.24. The van der Waals surface area contributed by atoms with E-state index in [-0.39, 0.29) is 24.4 Å². The SMILES string of the molecule is C[C@@H]1CNCCN1C(=O)c1ccccc1Cl.Cl. The monoisotopic (exact) mass is 274 g/mol. The number of hydrogen-bond donors (Lipinski definition) is 1. The molecule has 1 atom stereocenters. The van der Waals surface area contributed by atoms with E-state index in [1.165, 1.54) is 0 Å². The van der Waals surface area contributed by atoms with Gasteiger partial charge in [0.15, 0.2) is 0 Å². The van der Waals surface area contributed by atoms with Crippen LogP contribution in [0.3, 0.4) is 0 Å². The summed E-state index contributed by atoms with van der Waals surface area (Å²) in [7, 11) is 0. The number of benzene rings is 1. The molecule has 1 amide bonds. The van der Waals surface area contributed by atoms with Gasteiger partial charge in [-0.2, -0.15) is 0 Å². The first-order chi connectivity index (χ1) is 7.70. The minimum Gasteiger partial charge on any atom is -0.333 e. The molecule has 1 fully saturated rings. The molecule has 1 heterocycles. The summed E-state index contributed by atoms with van der Waals surface area (Å²) in [5, 5.41) is 3.78. The molecule has 5 heteroatoms. The number of halogens is 2. The van der Waals surface area contributed by atoms with E-state index in [1.54, 1.807) is 12.1 Å². The number of carbonyl (C=O) groups excluding carboxylic acids is 1. The highest BCUT2D eigenvalue weighted by molar-refractivity contribution is 6.33. The van der Waals surface area contributed by atoms with Crippen LogP contribution in [0, 0.1) is 0 Å². The first-order valence-corrected chi connectivity index (χ1v) is 5.84. The fraction of sp³-hybridized carbons (Fsp3) is 0.417. The lowest BCUT2D eigenvalue weighted by atomic mass is 10.1. The predicted molar refractivity (Wildman–Crippen MR) is 72.1 cm³/mol. The van der Waals surface area contributed by atoms with Crippen LogP contribution in [0.1, 0.15) is 17.3 Å². The van der Waals surface area contributed by atoms with Gasteiger partial charge in [-0.05, 0) is 19.1 Å². The predicted octanol–water partition coefficient (Wildman–Crippen LogP) is 2.20. The van der Waals surface area contributed by atoms with Gasteiger partial charge >= 0.3 is 0 Å². The number of amides is 1. The van der Waals surface area contributed by atoms with Crippen molar-refractivity contribution < 1.29 is 4.79 Å². The van der Waals surface area contributed by atoms with Gasteiger partial charge in [0.1, 0.15) is 0 Å². The van der Waals surface area contributed by atoms with E-state index in [1.807, 2.05) is 24.0 Å². The van der Waals surface area contributed by atoms with Crippen LogP contribution >= 0.6 is 24.0 Å². The molecule has 0 aromatic heterocycles. The molecule has 0 unspecified atom stereocenters. The molecule has 1 aromatic carbocycles. The molecule has 1 aromatic rings. The molecule has 0 saturated carbocycles. The Morgan fingerprint density at radius 3 is 2.82 bits per heavy atom. The number of nitrogens with zero attached hydrogens (tertiary/aromatic N) is 1. The Morgan fingerprint density at radius 1 is 1.47 bits per heavy atom. The average Bonchev–Trinajstić information content (AvgIpc) is 2.29. The third kappa shape index (κ3) is 3.12. The zero-order chi connectivity index (χ0) is 11.5. The van der Waals surface area contributed by atoms with E-state index < -0.39 is 0 Å². The maximum absolute atomic E-state index is 12.2. The second-order valence-corrected chi connectivity index (χ2v) is 4.44. The third-order valence-corrected chi connectivity index (χ3v) is 3.20. The van der Waals surface area contributed by atoms with Gasteiger partial charge in [-0.15, -0.1) is 12.4 Å². The quantitative estimate of drug-likeness (QED) is 0.852. The fourth-order valence-corrected chi connectivity index (χ4v) is 2.15. The van der Waals surface area contributed by atoms with Crippen molar-refractivity contribution in [1.82, 2.24) is 10.2 Å². The minimum atomic E-state index is 0. The Morgan fingerprint density at radius 2 is 2.18 bits per heavy atom. The summed E-state index contributed by atoms with van der Waals surface area (Å²) in [5.41, 5.74) is 0.595. The van der Waals surface area contributed by atoms with Crippen molar-refractivity contribution in [2.24, 2.45) is 0 Å². The molecular formula is C12H16Cl2N2O. The lowest BCUT2D eigenvalue weighted by molar-refractivity contribution is 0.0656. The van der Waals surface area contributed by atoms with Gasteiger partial charge in [0.05, 0.1) is 10.6 Å². The number of hydrogen-bond acceptors (Lipinski definition) is 2. The summed E-state index contributed by atoms with van der Waals surface area (Å²) >= 11 is 6.02. The van der Waals surface area contributed by atoms with Gasteiger partial charge in [0, 0.05) is 25.7 Å². The number of rotatable bonds is 1. The van der Waals surface area contributed by atoms with E-state index in [9.17, 15) is 4.79 Å². The number of nitrogens with one attached hydrogen (secondary N) is 1. The lowest BCUT2D eigenvalue weighted by Gasteiger charge is -2.34. The largest absolute Gasteiger partial charge is 0.333 e. The van der Waals surface area contributed by atoms with Gasteiger partial charge < -0.3 is 10.2 Å². The minimum absolute atomic E-state index is 0. The highest BCUT2D eigenvalue weighted by atomic mass is 35.5. The van der Waals surface area contributed by atoms with E-state index in [4.69, 9.17) is 11.6 Å².